The lowest BCUT2D eigenvalue weighted by Crippen LogP contribution is -2.35. The Balaban J connectivity index is 1.72. The van der Waals surface area contributed by atoms with Crippen molar-refractivity contribution in [3.05, 3.63) is 30.5 Å². The molecule has 2 heterocycles. The third-order valence-electron chi connectivity index (χ3n) is 4.14. The van der Waals surface area contributed by atoms with Gasteiger partial charge in [0.15, 0.2) is 5.82 Å². The van der Waals surface area contributed by atoms with Gasteiger partial charge in [-0.25, -0.2) is 0 Å². The van der Waals surface area contributed by atoms with Crippen LogP contribution in [0.3, 0.4) is 0 Å². The van der Waals surface area contributed by atoms with Gasteiger partial charge < -0.3 is 15.1 Å². The Labute approximate surface area is 137 Å². The predicted molar refractivity (Wildman–Crippen MR) is 94.5 cm³/mol. The van der Waals surface area contributed by atoms with E-state index in [0.29, 0.717) is 11.9 Å². The van der Waals surface area contributed by atoms with Crippen LogP contribution in [0.1, 0.15) is 19.8 Å². The minimum atomic E-state index is 0.683. The lowest BCUT2D eigenvalue weighted by molar-refractivity contribution is 0.441. The van der Waals surface area contributed by atoms with E-state index in [2.05, 4.69) is 49.4 Å². The fourth-order valence-corrected chi connectivity index (χ4v) is 2.85. The molecule has 23 heavy (non-hydrogen) atoms. The van der Waals surface area contributed by atoms with Crippen LogP contribution >= 0.6 is 0 Å². The molecule has 1 fully saturated rings. The van der Waals surface area contributed by atoms with Gasteiger partial charge in [-0.15, -0.1) is 5.10 Å². The molecule has 3 rings (SSSR count). The highest BCUT2D eigenvalue weighted by molar-refractivity contribution is 5.60. The van der Waals surface area contributed by atoms with Gasteiger partial charge >= 0.3 is 0 Å². The first-order chi connectivity index (χ1) is 11.1. The molecule has 1 aliphatic heterocycles. The second-order valence-electron chi connectivity index (χ2n) is 6.40. The van der Waals surface area contributed by atoms with Crippen LogP contribution in [0.5, 0.6) is 0 Å². The van der Waals surface area contributed by atoms with Gasteiger partial charge in [-0.2, -0.15) is 10.1 Å². The molecule has 1 unspecified atom stereocenters. The molecule has 1 aromatic heterocycles. The second kappa shape index (κ2) is 6.81. The zero-order chi connectivity index (χ0) is 16.2. The maximum Gasteiger partial charge on any atom is 0.247 e. The normalized spacial score (nSPS) is 17.9. The lowest BCUT2D eigenvalue weighted by atomic mass is 10.0. The van der Waals surface area contributed by atoms with Crippen LogP contribution in [0.15, 0.2) is 30.5 Å². The molecular weight excluding hydrogens is 288 g/mol. The molecule has 0 saturated carbocycles. The summed E-state index contributed by atoms with van der Waals surface area (Å²) >= 11 is 0. The zero-order valence-corrected chi connectivity index (χ0v) is 14.0. The topological polar surface area (TPSA) is 57.2 Å². The molecule has 1 saturated heterocycles. The molecule has 0 amide bonds. The minimum Gasteiger partial charge on any atom is -0.378 e. The number of hydrogen-bond acceptors (Lipinski definition) is 6. The van der Waals surface area contributed by atoms with Crippen LogP contribution < -0.4 is 15.1 Å². The van der Waals surface area contributed by atoms with Gasteiger partial charge in [-0.05, 0) is 43.0 Å². The molecule has 1 atom stereocenters. The molecule has 0 bridgehead atoms. The average molecular weight is 312 g/mol. The van der Waals surface area contributed by atoms with Crippen LogP contribution in [-0.4, -0.2) is 42.4 Å². The number of piperidine rings is 1. The van der Waals surface area contributed by atoms with Gasteiger partial charge in [0.25, 0.3) is 0 Å². The van der Waals surface area contributed by atoms with Gasteiger partial charge in [0.05, 0.1) is 6.20 Å². The summed E-state index contributed by atoms with van der Waals surface area (Å²) in [5.41, 5.74) is 2.16. The van der Waals surface area contributed by atoms with Crippen LogP contribution in [0.4, 0.5) is 23.1 Å². The van der Waals surface area contributed by atoms with Crippen LogP contribution in [0, 0.1) is 5.92 Å². The maximum atomic E-state index is 4.61. The van der Waals surface area contributed by atoms with Crippen LogP contribution in [0.2, 0.25) is 0 Å². The lowest BCUT2D eigenvalue weighted by Gasteiger charge is -2.30. The SMILES string of the molecule is CC1CCCN(c2nncc(Nc3ccc(N(C)C)cc3)n2)C1. The number of hydrogen-bond donors (Lipinski definition) is 1. The molecule has 0 aliphatic carbocycles. The Bertz CT molecular complexity index is 640. The van der Waals surface area contributed by atoms with Crippen LogP contribution in [-0.2, 0) is 0 Å². The van der Waals surface area contributed by atoms with E-state index in [0.717, 1.165) is 24.6 Å². The molecule has 2 aromatic rings. The second-order valence-corrected chi connectivity index (χ2v) is 6.40. The van der Waals surface area contributed by atoms with Crippen molar-refractivity contribution in [1.29, 1.82) is 0 Å². The molecule has 1 aliphatic rings. The summed E-state index contributed by atoms with van der Waals surface area (Å²) < 4.78 is 0. The summed E-state index contributed by atoms with van der Waals surface area (Å²) in [6, 6.07) is 8.23. The van der Waals surface area contributed by atoms with E-state index in [9.17, 15) is 0 Å². The Morgan fingerprint density at radius 1 is 1.22 bits per heavy atom. The third kappa shape index (κ3) is 3.88. The average Bonchev–Trinajstić information content (AvgIpc) is 2.56. The molecular formula is C17H24N6. The van der Waals surface area contributed by atoms with Gasteiger partial charge in [0.2, 0.25) is 5.95 Å². The first-order valence-corrected chi connectivity index (χ1v) is 8.11. The zero-order valence-electron chi connectivity index (χ0n) is 14.0. The van der Waals surface area contributed by atoms with E-state index in [1.54, 1.807) is 6.20 Å². The van der Waals surface area contributed by atoms with Gasteiger partial charge in [-0.1, -0.05) is 6.92 Å². The molecule has 1 aromatic carbocycles. The summed E-state index contributed by atoms with van der Waals surface area (Å²) in [6.07, 6.45) is 4.13. The molecule has 6 nitrogen and oxygen atoms in total. The van der Waals surface area contributed by atoms with Crippen molar-refractivity contribution in [2.75, 3.05) is 42.3 Å². The number of nitrogens with zero attached hydrogens (tertiary/aromatic N) is 5. The fraction of sp³-hybridized carbons (Fsp3) is 0.471. The maximum absolute atomic E-state index is 4.61. The predicted octanol–water partition coefficient (Wildman–Crippen LogP) is 2.92. The summed E-state index contributed by atoms with van der Waals surface area (Å²) in [7, 11) is 4.06. The first kappa shape index (κ1) is 15.5. The van der Waals surface area contributed by atoms with Crippen molar-refractivity contribution >= 4 is 23.1 Å². The first-order valence-electron chi connectivity index (χ1n) is 8.11. The smallest absolute Gasteiger partial charge is 0.247 e. The van der Waals surface area contributed by atoms with Crippen molar-refractivity contribution in [1.82, 2.24) is 15.2 Å². The van der Waals surface area contributed by atoms with E-state index < -0.39 is 0 Å². The van der Waals surface area contributed by atoms with E-state index in [4.69, 9.17) is 0 Å². The molecule has 0 spiro atoms. The standard InChI is InChI=1S/C17H24N6/c1-13-5-4-10-23(12-13)17-20-16(11-18-21-17)19-14-6-8-15(9-7-14)22(2)3/h6-9,11,13H,4-5,10,12H2,1-3H3,(H,19,20,21). The Hall–Kier alpha value is -2.37. The Morgan fingerprint density at radius 3 is 2.70 bits per heavy atom. The summed E-state index contributed by atoms with van der Waals surface area (Å²) in [6.45, 7) is 4.28. The number of aromatic nitrogens is 3. The van der Waals surface area contributed by atoms with Crippen molar-refractivity contribution < 1.29 is 0 Å². The minimum absolute atomic E-state index is 0.683. The summed E-state index contributed by atoms with van der Waals surface area (Å²) in [4.78, 5) is 8.91. The number of benzene rings is 1. The highest BCUT2D eigenvalue weighted by atomic mass is 15.3. The van der Waals surface area contributed by atoms with Crippen molar-refractivity contribution in [2.45, 2.75) is 19.8 Å². The molecule has 1 N–H and O–H groups in total. The highest BCUT2D eigenvalue weighted by Gasteiger charge is 2.19. The van der Waals surface area contributed by atoms with Gasteiger partial charge in [0, 0.05) is 38.6 Å². The Kier molecular flexibility index (Phi) is 4.60. The van der Waals surface area contributed by atoms with Crippen molar-refractivity contribution in [3.8, 4) is 0 Å². The summed E-state index contributed by atoms with van der Waals surface area (Å²) in [5.74, 6) is 2.12. The molecule has 0 radical (unpaired) electrons. The van der Waals surface area contributed by atoms with E-state index >= 15 is 0 Å². The van der Waals surface area contributed by atoms with E-state index in [-0.39, 0.29) is 0 Å². The molecule has 122 valence electrons. The third-order valence-corrected chi connectivity index (χ3v) is 4.14. The fourth-order valence-electron chi connectivity index (χ4n) is 2.85. The quantitative estimate of drug-likeness (QED) is 0.937. The Morgan fingerprint density at radius 2 is 2.00 bits per heavy atom. The van der Waals surface area contributed by atoms with Crippen molar-refractivity contribution in [3.63, 3.8) is 0 Å². The highest BCUT2D eigenvalue weighted by Crippen LogP contribution is 2.22. The largest absolute Gasteiger partial charge is 0.378 e. The van der Waals surface area contributed by atoms with E-state index in [1.807, 2.05) is 26.2 Å². The number of rotatable bonds is 4. The summed E-state index contributed by atoms with van der Waals surface area (Å²) in [5, 5.41) is 11.6. The number of anilines is 4. The molecule has 6 heteroatoms. The monoisotopic (exact) mass is 312 g/mol. The van der Waals surface area contributed by atoms with E-state index in [1.165, 1.54) is 18.5 Å². The van der Waals surface area contributed by atoms with Gasteiger partial charge in [0.1, 0.15) is 0 Å². The van der Waals surface area contributed by atoms with Gasteiger partial charge in [-0.3, -0.25) is 0 Å². The van der Waals surface area contributed by atoms with Crippen LogP contribution in [0.25, 0.3) is 0 Å². The number of nitrogens with one attached hydrogen (secondary N) is 1. The van der Waals surface area contributed by atoms with Crippen molar-refractivity contribution in [2.24, 2.45) is 5.92 Å².